The zero-order valence-corrected chi connectivity index (χ0v) is 13.0. The van der Waals surface area contributed by atoms with Gasteiger partial charge in [0.1, 0.15) is 16.1 Å². The summed E-state index contributed by atoms with van der Waals surface area (Å²) in [6.07, 6.45) is 3.22. The van der Waals surface area contributed by atoms with E-state index in [9.17, 15) is 0 Å². The van der Waals surface area contributed by atoms with Gasteiger partial charge in [-0.15, -0.1) is 11.8 Å². The lowest BCUT2D eigenvalue weighted by atomic mass is 10.0. The van der Waals surface area contributed by atoms with Crippen molar-refractivity contribution in [2.24, 2.45) is 5.73 Å². The minimum Gasteiger partial charge on any atom is -0.336 e. The molecule has 3 N–H and O–H groups in total. The molecule has 19 heavy (non-hydrogen) atoms. The highest BCUT2D eigenvalue weighted by molar-refractivity contribution is 9.10. The van der Waals surface area contributed by atoms with Gasteiger partial charge in [-0.1, -0.05) is 6.07 Å². The molecule has 1 aliphatic rings. The van der Waals surface area contributed by atoms with Gasteiger partial charge < -0.3 is 10.7 Å². The Labute approximate surface area is 125 Å². The van der Waals surface area contributed by atoms with Crippen LogP contribution in [0.15, 0.2) is 27.7 Å². The predicted molar refractivity (Wildman–Crippen MR) is 83.5 cm³/mol. The molecule has 2 aromatic rings. The number of aromatic amines is 1. The zero-order chi connectivity index (χ0) is 13.2. The summed E-state index contributed by atoms with van der Waals surface area (Å²) in [6.45, 7) is 0.611. The molecule has 1 aromatic heterocycles. The number of aryl methyl sites for hydroxylation is 1. The SMILES string of the molecule is NCCc1nc(-c2ccc3c(c2)CCCS3)c(Br)[nH]1. The van der Waals surface area contributed by atoms with Crippen LogP contribution in [-0.2, 0) is 12.8 Å². The smallest absolute Gasteiger partial charge is 0.110 e. The summed E-state index contributed by atoms with van der Waals surface area (Å²) in [5, 5.41) is 0. The molecule has 1 aliphatic heterocycles. The molecule has 3 nitrogen and oxygen atoms in total. The van der Waals surface area contributed by atoms with E-state index in [0.717, 1.165) is 22.5 Å². The van der Waals surface area contributed by atoms with Crippen molar-refractivity contribution in [1.29, 1.82) is 0 Å². The van der Waals surface area contributed by atoms with Gasteiger partial charge >= 0.3 is 0 Å². The van der Waals surface area contributed by atoms with E-state index in [1.807, 2.05) is 11.8 Å². The Morgan fingerprint density at radius 1 is 1.42 bits per heavy atom. The van der Waals surface area contributed by atoms with Crippen molar-refractivity contribution in [1.82, 2.24) is 9.97 Å². The van der Waals surface area contributed by atoms with E-state index in [2.05, 4.69) is 44.1 Å². The summed E-state index contributed by atoms with van der Waals surface area (Å²) in [7, 11) is 0. The quantitative estimate of drug-likeness (QED) is 0.902. The normalized spacial score (nSPS) is 14.4. The number of nitrogens with two attached hydrogens (primary N) is 1. The largest absolute Gasteiger partial charge is 0.336 e. The third-order valence-corrected chi connectivity index (χ3v) is 5.05. The summed E-state index contributed by atoms with van der Waals surface area (Å²) in [4.78, 5) is 9.29. The van der Waals surface area contributed by atoms with E-state index in [1.54, 1.807) is 0 Å². The Morgan fingerprint density at radius 3 is 3.16 bits per heavy atom. The van der Waals surface area contributed by atoms with Gasteiger partial charge in [0, 0.05) is 16.9 Å². The van der Waals surface area contributed by atoms with E-state index in [4.69, 9.17) is 5.73 Å². The molecule has 2 heterocycles. The second-order valence-corrected chi connectivity index (χ2v) is 6.59. The maximum absolute atomic E-state index is 5.57. The third-order valence-electron chi connectivity index (χ3n) is 3.27. The van der Waals surface area contributed by atoms with Crippen LogP contribution in [0, 0.1) is 0 Å². The number of imidazole rings is 1. The molecule has 0 spiro atoms. The van der Waals surface area contributed by atoms with Crippen molar-refractivity contribution < 1.29 is 0 Å². The monoisotopic (exact) mass is 337 g/mol. The zero-order valence-electron chi connectivity index (χ0n) is 10.6. The van der Waals surface area contributed by atoms with Crippen LogP contribution in [0.4, 0.5) is 0 Å². The van der Waals surface area contributed by atoms with Crippen LogP contribution >= 0.6 is 27.7 Å². The number of nitrogens with zero attached hydrogens (tertiary/aromatic N) is 1. The Hall–Kier alpha value is -0.780. The summed E-state index contributed by atoms with van der Waals surface area (Å²) in [6, 6.07) is 6.65. The Morgan fingerprint density at radius 2 is 2.32 bits per heavy atom. The van der Waals surface area contributed by atoms with Crippen molar-refractivity contribution in [3.8, 4) is 11.3 Å². The molecule has 0 bridgehead atoms. The molecular formula is C14H16BrN3S. The van der Waals surface area contributed by atoms with Crippen LogP contribution in [0.1, 0.15) is 17.8 Å². The Kier molecular flexibility index (Phi) is 3.96. The molecule has 100 valence electrons. The first kappa shape index (κ1) is 13.2. The van der Waals surface area contributed by atoms with Crippen LogP contribution in [0.25, 0.3) is 11.3 Å². The molecule has 0 atom stereocenters. The number of hydrogen-bond acceptors (Lipinski definition) is 3. The summed E-state index contributed by atoms with van der Waals surface area (Å²) < 4.78 is 0.944. The number of hydrogen-bond donors (Lipinski definition) is 2. The fourth-order valence-electron chi connectivity index (χ4n) is 2.35. The van der Waals surface area contributed by atoms with E-state index >= 15 is 0 Å². The summed E-state index contributed by atoms with van der Waals surface area (Å²) in [5.41, 5.74) is 9.18. The molecule has 3 rings (SSSR count). The van der Waals surface area contributed by atoms with E-state index < -0.39 is 0 Å². The van der Waals surface area contributed by atoms with E-state index in [1.165, 1.54) is 34.6 Å². The predicted octanol–water partition coefficient (Wildman–Crippen LogP) is 3.38. The fraction of sp³-hybridized carbons (Fsp3) is 0.357. The maximum Gasteiger partial charge on any atom is 0.110 e. The van der Waals surface area contributed by atoms with Crippen molar-refractivity contribution in [3.63, 3.8) is 0 Å². The van der Waals surface area contributed by atoms with Gasteiger partial charge in [-0.25, -0.2) is 4.98 Å². The number of H-pyrrole nitrogens is 1. The number of fused-ring (bicyclic) bond motifs is 1. The second kappa shape index (κ2) is 5.69. The topological polar surface area (TPSA) is 54.7 Å². The number of halogens is 1. The molecule has 0 saturated carbocycles. The average molecular weight is 338 g/mol. The van der Waals surface area contributed by atoms with Gasteiger partial charge in [0.2, 0.25) is 0 Å². The van der Waals surface area contributed by atoms with Crippen LogP contribution in [0.5, 0.6) is 0 Å². The van der Waals surface area contributed by atoms with Gasteiger partial charge in [-0.2, -0.15) is 0 Å². The molecule has 0 unspecified atom stereocenters. The number of rotatable bonds is 3. The fourth-order valence-corrected chi connectivity index (χ4v) is 3.92. The minimum absolute atomic E-state index is 0.611. The average Bonchev–Trinajstić information content (AvgIpc) is 2.79. The van der Waals surface area contributed by atoms with Gasteiger partial charge in [-0.05, 0) is 58.8 Å². The van der Waals surface area contributed by atoms with Crippen LogP contribution in [-0.4, -0.2) is 22.3 Å². The first-order valence-corrected chi connectivity index (χ1v) is 8.26. The first-order valence-electron chi connectivity index (χ1n) is 6.48. The van der Waals surface area contributed by atoms with Gasteiger partial charge in [0.15, 0.2) is 0 Å². The molecule has 0 saturated heterocycles. The highest BCUT2D eigenvalue weighted by Gasteiger charge is 2.14. The third kappa shape index (κ3) is 2.73. The van der Waals surface area contributed by atoms with Gasteiger partial charge in [0.05, 0.1) is 0 Å². The minimum atomic E-state index is 0.611. The lowest BCUT2D eigenvalue weighted by Crippen LogP contribution is -2.03. The highest BCUT2D eigenvalue weighted by atomic mass is 79.9. The summed E-state index contributed by atoms with van der Waals surface area (Å²) in [5.74, 6) is 2.18. The van der Waals surface area contributed by atoms with Gasteiger partial charge in [0.25, 0.3) is 0 Å². The molecule has 5 heteroatoms. The maximum atomic E-state index is 5.57. The van der Waals surface area contributed by atoms with Crippen molar-refractivity contribution in [2.75, 3.05) is 12.3 Å². The van der Waals surface area contributed by atoms with E-state index in [-0.39, 0.29) is 0 Å². The second-order valence-electron chi connectivity index (χ2n) is 4.66. The standard InChI is InChI=1S/C14H16BrN3S/c15-14-13(17-12(18-14)5-6-16)10-3-4-11-9(8-10)2-1-7-19-11/h3-4,8H,1-2,5-7,16H2,(H,17,18). The van der Waals surface area contributed by atoms with Crippen molar-refractivity contribution >= 4 is 27.7 Å². The number of nitrogens with one attached hydrogen (secondary N) is 1. The molecule has 1 aromatic carbocycles. The molecule has 0 radical (unpaired) electrons. The van der Waals surface area contributed by atoms with Crippen LogP contribution < -0.4 is 5.73 Å². The lowest BCUT2D eigenvalue weighted by molar-refractivity contribution is 0.888. The Balaban J connectivity index is 1.97. The van der Waals surface area contributed by atoms with Gasteiger partial charge in [-0.3, -0.25) is 0 Å². The molecule has 0 amide bonds. The Bertz CT molecular complexity index is 594. The molecule has 0 fully saturated rings. The lowest BCUT2D eigenvalue weighted by Gasteiger charge is -2.15. The van der Waals surface area contributed by atoms with Crippen LogP contribution in [0.2, 0.25) is 0 Å². The van der Waals surface area contributed by atoms with Crippen LogP contribution in [0.3, 0.4) is 0 Å². The van der Waals surface area contributed by atoms with Crippen molar-refractivity contribution in [3.05, 3.63) is 34.2 Å². The number of aromatic nitrogens is 2. The molecular weight excluding hydrogens is 322 g/mol. The van der Waals surface area contributed by atoms with Crippen molar-refractivity contribution in [2.45, 2.75) is 24.2 Å². The highest BCUT2D eigenvalue weighted by Crippen LogP contribution is 2.34. The number of benzene rings is 1. The summed E-state index contributed by atoms with van der Waals surface area (Å²) >= 11 is 5.51. The first-order chi connectivity index (χ1) is 9.28. The molecule has 0 aliphatic carbocycles. The number of thioether (sulfide) groups is 1. The van der Waals surface area contributed by atoms with E-state index in [0.29, 0.717) is 6.54 Å².